The fraction of sp³-hybridized carbons (Fsp3) is 0.200. The second-order valence-electron chi connectivity index (χ2n) is 3.24. The highest BCUT2D eigenvalue weighted by Gasteiger charge is 2.06. The summed E-state index contributed by atoms with van der Waals surface area (Å²) in [5, 5.41) is 6.60. The van der Waals surface area contributed by atoms with Crippen molar-refractivity contribution >= 4 is 12.2 Å². The topological polar surface area (TPSA) is 41.8 Å². The van der Waals surface area contributed by atoms with Crippen molar-refractivity contribution in [2.45, 2.75) is 13.8 Å². The predicted molar refractivity (Wildman–Crippen MR) is 56.6 cm³/mol. The van der Waals surface area contributed by atoms with Gasteiger partial charge in [0.2, 0.25) is 5.89 Å². The molecule has 0 aliphatic rings. The summed E-state index contributed by atoms with van der Waals surface area (Å²) in [5.41, 5.74) is 3.29. The highest BCUT2D eigenvalue weighted by atomic mass is 32.1. The highest BCUT2D eigenvalue weighted by molar-refractivity contribution is 7.71. The van der Waals surface area contributed by atoms with Crippen molar-refractivity contribution in [2.24, 2.45) is 0 Å². The molecule has 0 amide bonds. The molecule has 0 bridgehead atoms. The number of aromatic nitrogens is 2. The number of nitrogens with one attached hydrogen (secondary N) is 1. The van der Waals surface area contributed by atoms with Crippen LogP contribution in [0.4, 0.5) is 0 Å². The van der Waals surface area contributed by atoms with Gasteiger partial charge in [0, 0.05) is 5.56 Å². The van der Waals surface area contributed by atoms with Crippen molar-refractivity contribution in [3.05, 3.63) is 34.2 Å². The Labute approximate surface area is 86.8 Å². The molecule has 0 fully saturated rings. The lowest BCUT2D eigenvalue weighted by Gasteiger charge is -2.01. The number of aryl methyl sites for hydroxylation is 2. The Hall–Kier alpha value is -1.42. The van der Waals surface area contributed by atoms with Gasteiger partial charge in [0.15, 0.2) is 0 Å². The second kappa shape index (κ2) is 3.38. The molecule has 3 nitrogen and oxygen atoms in total. The number of aromatic amines is 1. The van der Waals surface area contributed by atoms with Gasteiger partial charge in [-0.2, -0.15) is 0 Å². The summed E-state index contributed by atoms with van der Waals surface area (Å²) in [6, 6.07) is 6.13. The van der Waals surface area contributed by atoms with Gasteiger partial charge in [-0.1, -0.05) is 17.7 Å². The molecule has 14 heavy (non-hydrogen) atoms. The molecule has 2 aromatic rings. The van der Waals surface area contributed by atoms with Crippen LogP contribution in [0.15, 0.2) is 22.6 Å². The predicted octanol–water partition coefficient (Wildman–Crippen LogP) is 3.02. The molecule has 1 N–H and O–H groups in total. The van der Waals surface area contributed by atoms with E-state index in [0.717, 1.165) is 11.1 Å². The Balaban J connectivity index is 2.61. The minimum Gasteiger partial charge on any atom is -0.409 e. The van der Waals surface area contributed by atoms with Crippen molar-refractivity contribution < 1.29 is 4.42 Å². The monoisotopic (exact) mass is 206 g/mol. The lowest BCUT2D eigenvalue weighted by Crippen LogP contribution is -1.84. The minimum atomic E-state index is 0.306. The Morgan fingerprint density at radius 1 is 1.36 bits per heavy atom. The van der Waals surface area contributed by atoms with E-state index >= 15 is 0 Å². The number of H-pyrrole nitrogens is 1. The molecule has 1 heterocycles. The van der Waals surface area contributed by atoms with Gasteiger partial charge in [0.05, 0.1) is 0 Å². The molecule has 1 aromatic carbocycles. The number of rotatable bonds is 1. The SMILES string of the molecule is Cc1ccc(C)c(-c2n[nH]c(=S)o2)c1. The van der Waals surface area contributed by atoms with Gasteiger partial charge in [-0.25, -0.2) is 5.10 Å². The molecule has 72 valence electrons. The molecule has 0 radical (unpaired) electrons. The third kappa shape index (κ3) is 1.61. The van der Waals surface area contributed by atoms with E-state index in [2.05, 4.69) is 16.3 Å². The summed E-state index contributed by atoms with van der Waals surface area (Å²) in [7, 11) is 0. The van der Waals surface area contributed by atoms with Crippen molar-refractivity contribution in [3.8, 4) is 11.5 Å². The van der Waals surface area contributed by atoms with E-state index in [1.54, 1.807) is 0 Å². The molecule has 0 saturated heterocycles. The van der Waals surface area contributed by atoms with Gasteiger partial charge in [0.1, 0.15) is 0 Å². The largest absolute Gasteiger partial charge is 0.409 e. The van der Waals surface area contributed by atoms with Crippen LogP contribution in [0.5, 0.6) is 0 Å². The quantitative estimate of drug-likeness (QED) is 0.729. The third-order valence-corrected chi connectivity index (χ3v) is 2.24. The lowest BCUT2D eigenvalue weighted by molar-refractivity contribution is 0.551. The summed E-state index contributed by atoms with van der Waals surface area (Å²) >= 11 is 4.82. The maximum absolute atomic E-state index is 5.25. The second-order valence-corrected chi connectivity index (χ2v) is 3.61. The van der Waals surface area contributed by atoms with Crippen molar-refractivity contribution in [1.82, 2.24) is 10.2 Å². The number of hydrogen-bond acceptors (Lipinski definition) is 3. The Kier molecular flexibility index (Phi) is 2.21. The molecule has 0 aliphatic carbocycles. The number of hydrogen-bond donors (Lipinski definition) is 1. The van der Waals surface area contributed by atoms with Gasteiger partial charge in [-0.05, 0) is 37.7 Å². The van der Waals surface area contributed by atoms with E-state index in [4.69, 9.17) is 16.6 Å². The average Bonchev–Trinajstić information content (AvgIpc) is 2.56. The fourth-order valence-corrected chi connectivity index (χ4v) is 1.44. The van der Waals surface area contributed by atoms with Gasteiger partial charge in [-0.15, -0.1) is 5.10 Å². The Bertz CT molecular complexity index is 513. The van der Waals surface area contributed by atoms with Crippen LogP contribution in [-0.2, 0) is 0 Å². The highest BCUT2D eigenvalue weighted by Crippen LogP contribution is 2.22. The van der Waals surface area contributed by atoms with Gasteiger partial charge >= 0.3 is 0 Å². The average molecular weight is 206 g/mol. The first kappa shape index (κ1) is 9.15. The lowest BCUT2D eigenvalue weighted by atomic mass is 10.1. The molecule has 0 spiro atoms. The molecule has 2 rings (SSSR count). The molecule has 0 saturated carbocycles. The zero-order valence-electron chi connectivity index (χ0n) is 8.00. The Morgan fingerprint density at radius 2 is 2.14 bits per heavy atom. The Morgan fingerprint density at radius 3 is 2.79 bits per heavy atom. The summed E-state index contributed by atoms with van der Waals surface area (Å²) in [6.45, 7) is 4.05. The van der Waals surface area contributed by atoms with Crippen molar-refractivity contribution in [3.63, 3.8) is 0 Å². The number of nitrogens with zero attached hydrogens (tertiary/aromatic N) is 1. The maximum atomic E-state index is 5.25. The molecule has 0 atom stereocenters. The molecule has 1 aromatic heterocycles. The van der Waals surface area contributed by atoms with Crippen LogP contribution >= 0.6 is 12.2 Å². The fourth-order valence-electron chi connectivity index (χ4n) is 1.31. The molecular weight excluding hydrogens is 196 g/mol. The van der Waals surface area contributed by atoms with Gasteiger partial charge in [-0.3, -0.25) is 0 Å². The van der Waals surface area contributed by atoms with E-state index in [9.17, 15) is 0 Å². The maximum Gasteiger partial charge on any atom is 0.284 e. The molecule has 4 heteroatoms. The standard InChI is InChI=1S/C10H10N2OS/c1-6-3-4-7(2)8(5-6)9-11-12-10(14)13-9/h3-5H,1-2H3,(H,12,14). The number of benzene rings is 1. The van der Waals surface area contributed by atoms with Crippen LogP contribution in [0.1, 0.15) is 11.1 Å². The normalized spacial score (nSPS) is 10.4. The smallest absolute Gasteiger partial charge is 0.284 e. The van der Waals surface area contributed by atoms with Gasteiger partial charge in [0.25, 0.3) is 4.84 Å². The van der Waals surface area contributed by atoms with Gasteiger partial charge < -0.3 is 4.42 Å². The first-order valence-corrected chi connectivity index (χ1v) is 4.71. The van der Waals surface area contributed by atoms with E-state index in [1.165, 1.54) is 5.56 Å². The van der Waals surface area contributed by atoms with Crippen LogP contribution in [-0.4, -0.2) is 10.2 Å². The molecular formula is C10H10N2OS. The van der Waals surface area contributed by atoms with Crippen LogP contribution in [0.3, 0.4) is 0 Å². The van der Waals surface area contributed by atoms with E-state index in [0.29, 0.717) is 10.7 Å². The van der Waals surface area contributed by atoms with E-state index in [1.807, 2.05) is 26.0 Å². The minimum absolute atomic E-state index is 0.306. The third-order valence-electron chi connectivity index (χ3n) is 2.06. The summed E-state index contributed by atoms with van der Waals surface area (Å²) in [5.74, 6) is 0.552. The zero-order valence-corrected chi connectivity index (χ0v) is 8.81. The van der Waals surface area contributed by atoms with E-state index < -0.39 is 0 Å². The van der Waals surface area contributed by atoms with Crippen LogP contribution in [0.2, 0.25) is 0 Å². The van der Waals surface area contributed by atoms with Crippen LogP contribution in [0, 0.1) is 18.7 Å². The summed E-state index contributed by atoms with van der Waals surface area (Å²) in [4.78, 5) is 0.306. The summed E-state index contributed by atoms with van der Waals surface area (Å²) < 4.78 is 5.25. The van der Waals surface area contributed by atoms with Crippen LogP contribution < -0.4 is 0 Å². The first-order valence-electron chi connectivity index (χ1n) is 4.30. The molecule has 0 aliphatic heterocycles. The zero-order chi connectivity index (χ0) is 10.1. The van der Waals surface area contributed by atoms with E-state index in [-0.39, 0.29) is 0 Å². The van der Waals surface area contributed by atoms with Crippen molar-refractivity contribution in [2.75, 3.05) is 0 Å². The van der Waals surface area contributed by atoms with Crippen LogP contribution in [0.25, 0.3) is 11.5 Å². The summed E-state index contributed by atoms with van der Waals surface area (Å²) in [6.07, 6.45) is 0. The molecule has 0 unspecified atom stereocenters. The van der Waals surface area contributed by atoms with Crippen molar-refractivity contribution in [1.29, 1.82) is 0 Å². The first-order chi connectivity index (χ1) is 6.66.